The normalized spacial score (nSPS) is 11.4. The molecule has 2 aromatic rings. The number of para-hydroxylation sites is 1. The summed E-state index contributed by atoms with van der Waals surface area (Å²) in [5.41, 5.74) is 0.637. The van der Waals surface area contributed by atoms with E-state index in [2.05, 4.69) is 10.1 Å². The van der Waals surface area contributed by atoms with Gasteiger partial charge in [0.15, 0.2) is 6.61 Å². The number of carbonyl (C=O) groups is 2. The number of nitrogens with one attached hydrogen (secondary N) is 1. The standard InChI is InChI=1S/C20H24N2O6S/c1-14(2)22(3)29(25,26)16-11-9-15(10-12-16)21-19(23)13-28-18-8-6-5-7-17(18)20(24)27-4/h5-12,14H,13H2,1-4H3,(H,21,23). The van der Waals surface area contributed by atoms with Crippen molar-refractivity contribution >= 4 is 27.6 Å². The Morgan fingerprint density at radius 2 is 1.69 bits per heavy atom. The van der Waals surface area contributed by atoms with Gasteiger partial charge in [-0.25, -0.2) is 13.2 Å². The van der Waals surface area contributed by atoms with Crippen LogP contribution >= 0.6 is 0 Å². The number of hydrogen-bond acceptors (Lipinski definition) is 6. The van der Waals surface area contributed by atoms with Crippen molar-refractivity contribution < 1.29 is 27.5 Å². The summed E-state index contributed by atoms with van der Waals surface area (Å²) >= 11 is 0. The molecule has 0 aliphatic heterocycles. The molecule has 0 spiro atoms. The summed E-state index contributed by atoms with van der Waals surface area (Å²) in [5.74, 6) is -0.795. The quantitative estimate of drug-likeness (QED) is 0.659. The van der Waals surface area contributed by atoms with Crippen molar-refractivity contribution in [3.63, 3.8) is 0 Å². The minimum absolute atomic E-state index is 0.134. The summed E-state index contributed by atoms with van der Waals surface area (Å²) in [6, 6.07) is 12.1. The van der Waals surface area contributed by atoms with Gasteiger partial charge in [-0.15, -0.1) is 0 Å². The van der Waals surface area contributed by atoms with Crippen LogP contribution in [0.1, 0.15) is 24.2 Å². The van der Waals surface area contributed by atoms with Gasteiger partial charge in [-0.05, 0) is 50.2 Å². The molecule has 156 valence electrons. The van der Waals surface area contributed by atoms with E-state index in [0.29, 0.717) is 5.69 Å². The van der Waals surface area contributed by atoms with E-state index >= 15 is 0 Å². The van der Waals surface area contributed by atoms with Gasteiger partial charge in [-0.1, -0.05) is 12.1 Å². The van der Waals surface area contributed by atoms with Crippen LogP contribution in [0.25, 0.3) is 0 Å². The zero-order valence-electron chi connectivity index (χ0n) is 16.7. The third-order valence-corrected chi connectivity index (χ3v) is 6.24. The van der Waals surface area contributed by atoms with Gasteiger partial charge >= 0.3 is 5.97 Å². The lowest BCUT2D eigenvalue weighted by atomic mass is 10.2. The highest BCUT2D eigenvalue weighted by Gasteiger charge is 2.23. The second kappa shape index (κ2) is 9.53. The van der Waals surface area contributed by atoms with Gasteiger partial charge in [0.05, 0.1) is 12.0 Å². The summed E-state index contributed by atoms with van der Waals surface area (Å²) in [5, 5.41) is 2.62. The summed E-state index contributed by atoms with van der Waals surface area (Å²) < 4.78 is 36.3. The number of anilines is 1. The molecule has 8 nitrogen and oxygen atoms in total. The molecule has 1 amide bonds. The topological polar surface area (TPSA) is 102 Å². The van der Waals surface area contributed by atoms with Crippen LogP contribution in [0, 0.1) is 0 Å². The predicted molar refractivity (Wildman–Crippen MR) is 108 cm³/mol. The van der Waals surface area contributed by atoms with Gasteiger partial charge in [-0.3, -0.25) is 4.79 Å². The lowest BCUT2D eigenvalue weighted by Crippen LogP contribution is -2.33. The van der Waals surface area contributed by atoms with Gasteiger partial charge < -0.3 is 14.8 Å². The Labute approximate surface area is 170 Å². The fourth-order valence-corrected chi connectivity index (χ4v) is 3.73. The van der Waals surface area contributed by atoms with Crippen molar-refractivity contribution in [1.82, 2.24) is 4.31 Å². The minimum Gasteiger partial charge on any atom is -0.483 e. The highest BCUT2D eigenvalue weighted by Crippen LogP contribution is 2.20. The number of nitrogens with zero attached hydrogens (tertiary/aromatic N) is 1. The third kappa shape index (κ3) is 5.55. The SMILES string of the molecule is COC(=O)c1ccccc1OCC(=O)Nc1ccc(S(=O)(=O)N(C)C(C)C)cc1. The fourth-order valence-electron chi connectivity index (χ4n) is 2.37. The van der Waals surface area contributed by atoms with Crippen LogP contribution in [-0.4, -0.2) is 51.4 Å². The highest BCUT2D eigenvalue weighted by atomic mass is 32.2. The monoisotopic (exact) mass is 420 g/mol. The first-order chi connectivity index (χ1) is 13.7. The molecule has 0 aliphatic rings. The van der Waals surface area contributed by atoms with E-state index in [-0.39, 0.29) is 28.9 Å². The smallest absolute Gasteiger partial charge is 0.341 e. The van der Waals surface area contributed by atoms with Gasteiger partial charge in [0.2, 0.25) is 10.0 Å². The minimum atomic E-state index is -3.59. The molecule has 2 aromatic carbocycles. The number of benzene rings is 2. The molecule has 0 heterocycles. The van der Waals surface area contributed by atoms with Crippen molar-refractivity contribution in [2.45, 2.75) is 24.8 Å². The molecular formula is C20H24N2O6S. The lowest BCUT2D eigenvalue weighted by molar-refractivity contribution is -0.118. The molecule has 0 aromatic heterocycles. The second-order valence-electron chi connectivity index (χ2n) is 6.46. The average Bonchev–Trinajstić information content (AvgIpc) is 2.71. The van der Waals surface area contributed by atoms with Crippen molar-refractivity contribution in [3.05, 3.63) is 54.1 Å². The van der Waals surface area contributed by atoms with Crippen LogP contribution in [-0.2, 0) is 19.6 Å². The first-order valence-corrected chi connectivity index (χ1v) is 10.3. The molecule has 0 radical (unpaired) electrons. The van der Waals surface area contributed by atoms with Gasteiger partial charge in [0.1, 0.15) is 11.3 Å². The van der Waals surface area contributed by atoms with Crippen molar-refractivity contribution in [2.24, 2.45) is 0 Å². The number of esters is 1. The number of carbonyl (C=O) groups excluding carboxylic acids is 2. The molecule has 0 unspecified atom stereocenters. The Kier molecular flexibility index (Phi) is 7.35. The number of sulfonamides is 1. The number of hydrogen-bond donors (Lipinski definition) is 1. The van der Waals surface area contributed by atoms with Crippen LogP contribution in [0.4, 0.5) is 5.69 Å². The van der Waals surface area contributed by atoms with E-state index in [9.17, 15) is 18.0 Å². The van der Waals surface area contributed by atoms with E-state index < -0.39 is 21.9 Å². The van der Waals surface area contributed by atoms with Crippen LogP contribution < -0.4 is 10.1 Å². The first kappa shape index (κ1) is 22.4. The molecule has 2 rings (SSSR count). The van der Waals surface area contributed by atoms with Gasteiger partial charge in [-0.2, -0.15) is 4.31 Å². The average molecular weight is 420 g/mol. The van der Waals surface area contributed by atoms with E-state index in [1.54, 1.807) is 32.0 Å². The second-order valence-corrected chi connectivity index (χ2v) is 8.46. The molecule has 1 N–H and O–H groups in total. The number of rotatable bonds is 8. The third-order valence-electron chi connectivity index (χ3n) is 4.19. The number of methoxy groups -OCH3 is 1. The van der Waals surface area contributed by atoms with E-state index in [4.69, 9.17) is 4.74 Å². The van der Waals surface area contributed by atoms with Crippen LogP contribution in [0.15, 0.2) is 53.4 Å². The van der Waals surface area contributed by atoms with E-state index in [0.717, 1.165) is 0 Å². The summed E-state index contributed by atoms with van der Waals surface area (Å²) in [6.45, 7) is 3.24. The maximum atomic E-state index is 12.5. The summed E-state index contributed by atoms with van der Waals surface area (Å²) in [4.78, 5) is 24.0. The Hall–Kier alpha value is -2.91. The van der Waals surface area contributed by atoms with Crippen molar-refractivity contribution in [2.75, 3.05) is 26.1 Å². The van der Waals surface area contributed by atoms with Gasteiger partial charge in [0.25, 0.3) is 5.91 Å². The Bertz CT molecular complexity index is 971. The number of ether oxygens (including phenoxy) is 2. The van der Waals surface area contributed by atoms with Crippen LogP contribution in [0.5, 0.6) is 5.75 Å². The molecule has 0 fully saturated rings. The summed E-state index contributed by atoms with van der Waals surface area (Å²) in [6.07, 6.45) is 0. The molecule has 0 aliphatic carbocycles. The molecular weight excluding hydrogens is 396 g/mol. The molecule has 9 heteroatoms. The molecule has 0 saturated heterocycles. The molecule has 29 heavy (non-hydrogen) atoms. The van der Waals surface area contributed by atoms with Crippen molar-refractivity contribution in [1.29, 1.82) is 0 Å². The van der Waals surface area contributed by atoms with Crippen LogP contribution in [0.2, 0.25) is 0 Å². The van der Waals surface area contributed by atoms with E-state index in [1.165, 1.54) is 48.8 Å². The van der Waals surface area contributed by atoms with Crippen LogP contribution in [0.3, 0.4) is 0 Å². The maximum absolute atomic E-state index is 12.5. The zero-order valence-corrected chi connectivity index (χ0v) is 17.5. The molecule has 0 saturated carbocycles. The summed E-state index contributed by atoms with van der Waals surface area (Å²) in [7, 11) is -0.821. The Morgan fingerprint density at radius 1 is 1.07 bits per heavy atom. The molecule has 0 atom stereocenters. The van der Waals surface area contributed by atoms with E-state index in [1.807, 2.05) is 0 Å². The number of amides is 1. The Balaban J connectivity index is 2.01. The lowest BCUT2D eigenvalue weighted by Gasteiger charge is -2.21. The Morgan fingerprint density at radius 3 is 2.28 bits per heavy atom. The molecule has 0 bridgehead atoms. The van der Waals surface area contributed by atoms with Gasteiger partial charge in [0, 0.05) is 18.8 Å². The van der Waals surface area contributed by atoms with Crippen molar-refractivity contribution in [3.8, 4) is 5.75 Å². The first-order valence-electron chi connectivity index (χ1n) is 8.85. The fraction of sp³-hybridized carbons (Fsp3) is 0.300. The predicted octanol–water partition coefficient (Wildman–Crippen LogP) is 2.52. The highest BCUT2D eigenvalue weighted by molar-refractivity contribution is 7.89. The zero-order chi connectivity index (χ0) is 21.6. The maximum Gasteiger partial charge on any atom is 0.341 e. The largest absolute Gasteiger partial charge is 0.483 e.